The Labute approximate surface area is 149 Å². The van der Waals surface area contributed by atoms with E-state index in [1.54, 1.807) is 6.20 Å². The number of amides is 2. The molecule has 2 rings (SSSR count). The van der Waals surface area contributed by atoms with Gasteiger partial charge in [0.25, 0.3) is 5.91 Å². The van der Waals surface area contributed by atoms with E-state index in [2.05, 4.69) is 15.7 Å². The average Bonchev–Trinajstić information content (AvgIpc) is 3.00. The van der Waals surface area contributed by atoms with Crippen LogP contribution in [-0.4, -0.2) is 40.7 Å². The Morgan fingerprint density at radius 1 is 1.25 bits per heavy atom. The molecule has 24 heavy (non-hydrogen) atoms. The maximum Gasteiger partial charge on any atom is 0.254 e. The van der Waals surface area contributed by atoms with Crippen LogP contribution in [0.15, 0.2) is 12.4 Å². The van der Waals surface area contributed by atoms with Gasteiger partial charge < -0.3 is 16.4 Å². The molecule has 0 atom stereocenters. The molecule has 1 aromatic heterocycles. The molecular formula is C16H28ClN5O2. The van der Waals surface area contributed by atoms with Crippen LogP contribution < -0.4 is 16.4 Å². The van der Waals surface area contributed by atoms with Gasteiger partial charge in [0, 0.05) is 18.8 Å². The molecule has 8 heteroatoms. The van der Waals surface area contributed by atoms with Crippen LogP contribution in [0.4, 0.5) is 0 Å². The molecule has 4 N–H and O–H groups in total. The third kappa shape index (κ3) is 6.88. The first kappa shape index (κ1) is 20.4. The lowest BCUT2D eigenvalue weighted by Crippen LogP contribution is -2.38. The van der Waals surface area contributed by atoms with Crippen LogP contribution in [0.25, 0.3) is 0 Å². The van der Waals surface area contributed by atoms with Gasteiger partial charge in [-0.3, -0.25) is 14.3 Å². The summed E-state index contributed by atoms with van der Waals surface area (Å²) in [5.41, 5.74) is 5.88. The van der Waals surface area contributed by atoms with E-state index in [1.165, 1.54) is 30.1 Å². The summed E-state index contributed by atoms with van der Waals surface area (Å²) in [5.74, 6) is -0.212. The number of nitrogens with two attached hydrogens (primary N) is 1. The molecule has 1 aliphatic rings. The number of nitrogens with zero attached hydrogens (tertiary/aromatic N) is 2. The monoisotopic (exact) mass is 357 g/mol. The number of unbranched alkanes of at least 4 members (excludes halogenated alkanes) is 1. The van der Waals surface area contributed by atoms with Crippen LogP contribution in [-0.2, 0) is 11.3 Å². The maximum absolute atomic E-state index is 12.0. The largest absolute Gasteiger partial charge is 0.352 e. The van der Waals surface area contributed by atoms with Crippen LogP contribution in [0.2, 0.25) is 0 Å². The highest BCUT2D eigenvalue weighted by Crippen LogP contribution is 2.17. The lowest BCUT2D eigenvalue weighted by atomic mass is 9.95. The molecule has 1 saturated carbocycles. The molecule has 0 unspecified atom stereocenters. The van der Waals surface area contributed by atoms with E-state index in [0.29, 0.717) is 18.7 Å². The summed E-state index contributed by atoms with van der Waals surface area (Å²) in [6.07, 6.45) is 10.6. The van der Waals surface area contributed by atoms with Gasteiger partial charge in [0.1, 0.15) is 6.54 Å². The number of rotatable bonds is 8. The molecule has 0 bridgehead atoms. The normalized spacial score (nSPS) is 14.7. The van der Waals surface area contributed by atoms with Crippen molar-refractivity contribution in [2.75, 3.05) is 13.1 Å². The number of hydrogen-bond donors (Lipinski definition) is 3. The molecular weight excluding hydrogens is 330 g/mol. The first-order valence-electron chi connectivity index (χ1n) is 8.49. The predicted molar refractivity (Wildman–Crippen MR) is 95.1 cm³/mol. The fourth-order valence-corrected chi connectivity index (χ4v) is 2.81. The molecule has 1 fully saturated rings. The number of halogens is 1. The molecule has 7 nitrogen and oxygen atoms in total. The molecule has 0 aromatic carbocycles. The number of nitrogens with one attached hydrogen (secondary N) is 2. The number of aromatic nitrogens is 2. The van der Waals surface area contributed by atoms with Crippen molar-refractivity contribution in [3.8, 4) is 0 Å². The predicted octanol–water partition coefficient (Wildman–Crippen LogP) is 1.22. The standard InChI is InChI=1S/C16H27N5O2.ClH/c17-8-4-5-9-18-16(23)13-10-19-21(11-13)12-15(22)20-14-6-2-1-3-7-14;/h10-11,14H,1-9,12,17H2,(H,18,23)(H,20,22);1H. The first-order valence-corrected chi connectivity index (χ1v) is 8.49. The van der Waals surface area contributed by atoms with Gasteiger partial charge in [-0.05, 0) is 32.2 Å². The molecule has 0 spiro atoms. The van der Waals surface area contributed by atoms with Gasteiger partial charge in [-0.15, -0.1) is 12.4 Å². The van der Waals surface area contributed by atoms with E-state index in [-0.39, 0.29) is 36.8 Å². The molecule has 0 aliphatic heterocycles. The summed E-state index contributed by atoms with van der Waals surface area (Å²) < 4.78 is 1.51. The topological polar surface area (TPSA) is 102 Å². The third-order valence-corrected chi connectivity index (χ3v) is 4.09. The van der Waals surface area contributed by atoms with Crippen molar-refractivity contribution in [3.63, 3.8) is 0 Å². The molecule has 1 heterocycles. The Kier molecular flexibility index (Phi) is 9.41. The fraction of sp³-hybridized carbons (Fsp3) is 0.688. The summed E-state index contributed by atoms with van der Waals surface area (Å²) in [6, 6.07) is 0.289. The van der Waals surface area contributed by atoms with Crippen LogP contribution in [0.5, 0.6) is 0 Å². The fourth-order valence-electron chi connectivity index (χ4n) is 2.81. The molecule has 1 aliphatic carbocycles. The smallest absolute Gasteiger partial charge is 0.254 e. The molecule has 136 valence electrons. The van der Waals surface area contributed by atoms with Crippen molar-refractivity contribution in [3.05, 3.63) is 18.0 Å². The minimum absolute atomic E-state index is 0. The SMILES string of the molecule is Cl.NCCCCNC(=O)c1cnn(CC(=O)NC2CCCCC2)c1. The van der Waals surface area contributed by atoms with Gasteiger partial charge in [0.2, 0.25) is 5.91 Å². The quantitative estimate of drug-likeness (QED) is 0.609. The first-order chi connectivity index (χ1) is 11.2. The van der Waals surface area contributed by atoms with E-state index >= 15 is 0 Å². The van der Waals surface area contributed by atoms with Gasteiger partial charge in [-0.1, -0.05) is 19.3 Å². The molecule has 2 amide bonds. The van der Waals surface area contributed by atoms with Crippen molar-refractivity contribution in [1.29, 1.82) is 0 Å². The van der Waals surface area contributed by atoms with E-state index in [9.17, 15) is 9.59 Å². The van der Waals surface area contributed by atoms with E-state index in [4.69, 9.17) is 5.73 Å². The Morgan fingerprint density at radius 2 is 2.00 bits per heavy atom. The summed E-state index contributed by atoms with van der Waals surface area (Å²) in [7, 11) is 0. The summed E-state index contributed by atoms with van der Waals surface area (Å²) >= 11 is 0. The van der Waals surface area contributed by atoms with Crippen molar-refractivity contribution in [2.24, 2.45) is 5.73 Å². The van der Waals surface area contributed by atoms with Gasteiger partial charge >= 0.3 is 0 Å². The highest BCUT2D eigenvalue weighted by Gasteiger charge is 2.16. The Hall–Kier alpha value is -1.60. The van der Waals surface area contributed by atoms with Crippen LogP contribution in [0.1, 0.15) is 55.3 Å². The summed E-state index contributed by atoms with van der Waals surface area (Å²) in [5, 5.41) is 9.95. The van der Waals surface area contributed by atoms with Crippen molar-refractivity contribution >= 4 is 24.2 Å². The van der Waals surface area contributed by atoms with Crippen LogP contribution in [0.3, 0.4) is 0 Å². The second-order valence-corrected chi connectivity index (χ2v) is 6.08. The average molecular weight is 358 g/mol. The van der Waals surface area contributed by atoms with Gasteiger partial charge in [0.05, 0.1) is 11.8 Å². The van der Waals surface area contributed by atoms with E-state index in [0.717, 1.165) is 25.7 Å². The lowest BCUT2D eigenvalue weighted by molar-refractivity contribution is -0.122. The van der Waals surface area contributed by atoms with Gasteiger partial charge in [-0.2, -0.15) is 5.10 Å². The maximum atomic E-state index is 12.0. The Balaban J connectivity index is 0.00000288. The Bertz CT molecular complexity index is 514. The number of carbonyl (C=O) groups is 2. The van der Waals surface area contributed by atoms with Crippen LogP contribution in [0, 0.1) is 0 Å². The summed E-state index contributed by atoms with van der Waals surface area (Å²) in [4.78, 5) is 23.9. The second-order valence-electron chi connectivity index (χ2n) is 6.08. The molecule has 1 aromatic rings. The van der Waals surface area contributed by atoms with Gasteiger partial charge in [0.15, 0.2) is 0 Å². The summed E-state index contributed by atoms with van der Waals surface area (Å²) in [6.45, 7) is 1.38. The zero-order chi connectivity index (χ0) is 16.5. The number of hydrogen-bond acceptors (Lipinski definition) is 4. The molecule has 0 radical (unpaired) electrons. The Morgan fingerprint density at radius 3 is 2.71 bits per heavy atom. The van der Waals surface area contributed by atoms with E-state index < -0.39 is 0 Å². The minimum Gasteiger partial charge on any atom is -0.352 e. The number of carbonyl (C=O) groups excluding carboxylic acids is 2. The van der Waals surface area contributed by atoms with Crippen LogP contribution >= 0.6 is 12.4 Å². The zero-order valence-corrected chi connectivity index (χ0v) is 14.8. The zero-order valence-electron chi connectivity index (χ0n) is 14.0. The van der Waals surface area contributed by atoms with Crippen molar-refractivity contribution < 1.29 is 9.59 Å². The minimum atomic E-state index is -0.166. The molecule has 0 saturated heterocycles. The second kappa shape index (κ2) is 11.0. The third-order valence-electron chi connectivity index (χ3n) is 4.09. The lowest BCUT2D eigenvalue weighted by Gasteiger charge is -2.22. The van der Waals surface area contributed by atoms with Crippen molar-refractivity contribution in [2.45, 2.75) is 57.5 Å². The van der Waals surface area contributed by atoms with Gasteiger partial charge in [-0.25, -0.2) is 0 Å². The highest BCUT2D eigenvalue weighted by atomic mass is 35.5. The highest BCUT2D eigenvalue weighted by molar-refractivity contribution is 5.93. The van der Waals surface area contributed by atoms with Crippen molar-refractivity contribution in [1.82, 2.24) is 20.4 Å². The van der Waals surface area contributed by atoms with E-state index in [1.807, 2.05) is 0 Å².